The molecule has 0 N–H and O–H groups in total. The molecule has 2 rings (SSSR count). The third kappa shape index (κ3) is 1.32. The highest BCUT2D eigenvalue weighted by Crippen LogP contribution is 2.17. The van der Waals surface area contributed by atoms with E-state index in [1.807, 2.05) is 16.9 Å². The molecule has 2 aromatic heterocycles. The van der Waals surface area contributed by atoms with E-state index in [9.17, 15) is 0 Å². The summed E-state index contributed by atoms with van der Waals surface area (Å²) in [6.07, 6.45) is 3.93. The summed E-state index contributed by atoms with van der Waals surface area (Å²) in [4.78, 5) is 0. The fourth-order valence-electron chi connectivity index (χ4n) is 1.48. The maximum Gasteiger partial charge on any atom is 0.0693 e. The molecule has 0 fully saturated rings. The topological polar surface area (TPSA) is 17.3 Å². The van der Waals surface area contributed by atoms with Crippen LogP contribution in [0.25, 0.3) is 5.52 Å². The van der Waals surface area contributed by atoms with Crippen LogP contribution in [-0.2, 0) is 0 Å². The lowest BCUT2D eigenvalue weighted by molar-refractivity contribution is 0.855. The predicted molar refractivity (Wildman–Crippen MR) is 54.0 cm³/mol. The minimum atomic E-state index is 0.583. The van der Waals surface area contributed by atoms with Crippen molar-refractivity contribution >= 4 is 5.52 Å². The maximum absolute atomic E-state index is 4.24. The Kier molecular flexibility index (Phi) is 1.83. The molecular formula is C11H14N2. The van der Waals surface area contributed by atoms with Crippen molar-refractivity contribution in [2.45, 2.75) is 26.7 Å². The molecule has 0 aromatic carbocycles. The van der Waals surface area contributed by atoms with E-state index in [1.165, 1.54) is 16.6 Å². The highest BCUT2D eigenvalue weighted by molar-refractivity contribution is 5.54. The van der Waals surface area contributed by atoms with Crippen LogP contribution in [0.4, 0.5) is 0 Å². The third-order valence-corrected chi connectivity index (χ3v) is 2.40. The molecule has 0 unspecified atom stereocenters. The van der Waals surface area contributed by atoms with Gasteiger partial charge in [-0.1, -0.05) is 13.8 Å². The standard InChI is InChI=1S/C11H14N2/c1-8(2)10-4-5-13-11(6-10)9(3)7-12-13/h4-8H,1-3H3. The molecule has 0 amide bonds. The van der Waals surface area contributed by atoms with Crippen molar-refractivity contribution in [2.24, 2.45) is 0 Å². The first-order valence-corrected chi connectivity index (χ1v) is 4.62. The Balaban J connectivity index is 2.66. The molecule has 2 heterocycles. The summed E-state index contributed by atoms with van der Waals surface area (Å²) in [5, 5.41) is 4.24. The van der Waals surface area contributed by atoms with Gasteiger partial charge in [-0.2, -0.15) is 5.10 Å². The molecule has 2 aromatic rings. The van der Waals surface area contributed by atoms with Gasteiger partial charge in [-0.3, -0.25) is 0 Å². The molecule has 0 aliphatic rings. The predicted octanol–water partition coefficient (Wildman–Crippen LogP) is 2.77. The van der Waals surface area contributed by atoms with E-state index in [4.69, 9.17) is 0 Å². The molecule has 0 atom stereocenters. The Bertz CT molecular complexity index is 427. The second kappa shape index (κ2) is 2.87. The minimum absolute atomic E-state index is 0.583. The first-order valence-electron chi connectivity index (χ1n) is 4.62. The largest absolute Gasteiger partial charge is 0.241 e. The van der Waals surface area contributed by atoms with E-state index in [-0.39, 0.29) is 0 Å². The van der Waals surface area contributed by atoms with Crippen molar-refractivity contribution in [3.63, 3.8) is 0 Å². The van der Waals surface area contributed by atoms with Crippen LogP contribution >= 0.6 is 0 Å². The van der Waals surface area contributed by atoms with Crippen LogP contribution in [0.3, 0.4) is 0 Å². The van der Waals surface area contributed by atoms with Crippen LogP contribution in [0.15, 0.2) is 24.5 Å². The average molecular weight is 174 g/mol. The smallest absolute Gasteiger partial charge is 0.0693 e. The van der Waals surface area contributed by atoms with Crippen LogP contribution in [-0.4, -0.2) is 9.61 Å². The molecule has 0 aliphatic heterocycles. The molecular weight excluding hydrogens is 160 g/mol. The monoisotopic (exact) mass is 174 g/mol. The number of hydrogen-bond acceptors (Lipinski definition) is 1. The Morgan fingerprint density at radius 3 is 2.85 bits per heavy atom. The van der Waals surface area contributed by atoms with Gasteiger partial charge in [-0.15, -0.1) is 0 Å². The molecule has 2 nitrogen and oxygen atoms in total. The van der Waals surface area contributed by atoms with Crippen molar-refractivity contribution in [1.29, 1.82) is 0 Å². The van der Waals surface area contributed by atoms with Gasteiger partial charge < -0.3 is 0 Å². The van der Waals surface area contributed by atoms with Crippen LogP contribution in [0.2, 0.25) is 0 Å². The summed E-state index contributed by atoms with van der Waals surface area (Å²) >= 11 is 0. The lowest BCUT2D eigenvalue weighted by Gasteiger charge is -2.05. The van der Waals surface area contributed by atoms with E-state index in [2.05, 4.69) is 38.0 Å². The Morgan fingerprint density at radius 2 is 2.15 bits per heavy atom. The van der Waals surface area contributed by atoms with E-state index in [0.29, 0.717) is 5.92 Å². The molecule has 0 bridgehead atoms. The molecule has 13 heavy (non-hydrogen) atoms. The first-order chi connectivity index (χ1) is 6.18. The van der Waals surface area contributed by atoms with Gasteiger partial charge in [0.05, 0.1) is 11.7 Å². The Morgan fingerprint density at radius 1 is 1.38 bits per heavy atom. The summed E-state index contributed by atoms with van der Waals surface area (Å²) in [6, 6.07) is 4.34. The lowest BCUT2D eigenvalue weighted by Crippen LogP contribution is -1.91. The number of rotatable bonds is 1. The Labute approximate surface area is 78.2 Å². The minimum Gasteiger partial charge on any atom is -0.241 e. The lowest BCUT2D eigenvalue weighted by atomic mass is 10.0. The maximum atomic E-state index is 4.24. The zero-order valence-electron chi connectivity index (χ0n) is 8.28. The van der Waals surface area contributed by atoms with Gasteiger partial charge >= 0.3 is 0 Å². The number of aryl methyl sites for hydroxylation is 1. The summed E-state index contributed by atoms with van der Waals surface area (Å²) in [7, 11) is 0. The number of aromatic nitrogens is 2. The van der Waals surface area contributed by atoms with Crippen molar-refractivity contribution in [3.8, 4) is 0 Å². The average Bonchev–Trinajstić information content (AvgIpc) is 2.47. The van der Waals surface area contributed by atoms with Gasteiger partial charge in [-0.05, 0) is 36.1 Å². The van der Waals surface area contributed by atoms with Crippen LogP contribution < -0.4 is 0 Å². The van der Waals surface area contributed by atoms with Gasteiger partial charge in [-0.25, -0.2) is 4.52 Å². The Hall–Kier alpha value is -1.31. The quantitative estimate of drug-likeness (QED) is 0.649. The van der Waals surface area contributed by atoms with Gasteiger partial charge in [0.15, 0.2) is 0 Å². The van der Waals surface area contributed by atoms with Gasteiger partial charge in [0.2, 0.25) is 0 Å². The van der Waals surface area contributed by atoms with E-state index in [1.54, 1.807) is 0 Å². The molecule has 0 radical (unpaired) electrons. The number of hydrogen-bond donors (Lipinski definition) is 0. The van der Waals surface area contributed by atoms with Crippen LogP contribution in [0.5, 0.6) is 0 Å². The van der Waals surface area contributed by atoms with Crippen LogP contribution in [0.1, 0.15) is 30.9 Å². The summed E-state index contributed by atoms with van der Waals surface area (Å²) < 4.78 is 1.92. The zero-order chi connectivity index (χ0) is 9.42. The highest BCUT2D eigenvalue weighted by Gasteiger charge is 2.02. The molecule has 0 saturated heterocycles. The number of pyridine rings is 1. The van der Waals surface area contributed by atoms with Gasteiger partial charge in [0, 0.05) is 6.20 Å². The SMILES string of the molecule is Cc1cnn2ccc(C(C)C)cc12. The summed E-state index contributed by atoms with van der Waals surface area (Å²) in [5.74, 6) is 0.583. The highest BCUT2D eigenvalue weighted by atomic mass is 15.2. The molecule has 2 heteroatoms. The van der Waals surface area contributed by atoms with Gasteiger partial charge in [0.1, 0.15) is 0 Å². The molecule has 68 valence electrons. The van der Waals surface area contributed by atoms with Crippen molar-refractivity contribution < 1.29 is 0 Å². The summed E-state index contributed by atoms with van der Waals surface area (Å²) in [6.45, 7) is 6.50. The van der Waals surface area contributed by atoms with Crippen LogP contribution in [0, 0.1) is 6.92 Å². The zero-order valence-corrected chi connectivity index (χ0v) is 8.28. The first kappa shape index (κ1) is 8.30. The second-order valence-electron chi connectivity index (χ2n) is 3.77. The van der Waals surface area contributed by atoms with E-state index >= 15 is 0 Å². The third-order valence-electron chi connectivity index (χ3n) is 2.40. The molecule has 0 spiro atoms. The van der Waals surface area contributed by atoms with Crippen molar-refractivity contribution in [2.75, 3.05) is 0 Å². The van der Waals surface area contributed by atoms with Crippen molar-refractivity contribution in [1.82, 2.24) is 9.61 Å². The number of fused-ring (bicyclic) bond motifs is 1. The fraction of sp³-hybridized carbons (Fsp3) is 0.364. The van der Waals surface area contributed by atoms with E-state index < -0.39 is 0 Å². The van der Waals surface area contributed by atoms with E-state index in [0.717, 1.165) is 0 Å². The second-order valence-corrected chi connectivity index (χ2v) is 3.77. The normalized spacial score (nSPS) is 11.4. The number of nitrogens with zero attached hydrogens (tertiary/aromatic N) is 2. The van der Waals surface area contributed by atoms with Gasteiger partial charge in [0.25, 0.3) is 0 Å². The molecule has 0 saturated carbocycles. The summed E-state index contributed by atoms with van der Waals surface area (Å²) in [5.41, 5.74) is 3.82. The molecule has 0 aliphatic carbocycles. The van der Waals surface area contributed by atoms with Crippen molar-refractivity contribution in [3.05, 3.63) is 35.7 Å². The fourth-order valence-corrected chi connectivity index (χ4v) is 1.48.